The molecule has 0 spiro atoms. The van der Waals surface area contributed by atoms with Crippen molar-refractivity contribution in [1.82, 2.24) is 35.1 Å². The van der Waals surface area contributed by atoms with Crippen molar-refractivity contribution in [2.75, 3.05) is 84.8 Å². The van der Waals surface area contributed by atoms with Crippen LogP contribution in [0.15, 0.2) is 65.5 Å². The van der Waals surface area contributed by atoms with Crippen LogP contribution in [0.3, 0.4) is 0 Å². The summed E-state index contributed by atoms with van der Waals surface area (Å²) >= 11 is 3.53. The number of amides is 2. The Morgan fingerprint density at radius 2 is 1.69 bits per heavy atom. The van der Waals surface area contributed by atoms with E-state index in [1.807, 2.05) is 6.07 Å². The van der Waals surface area contributed by atoms with Crippen molar-refractivity contribution in [3.8, 4) is 5.75 Å². The van der Waals surface area contributed by atoms with Crippen LogP contribution < -0.4 is 35.6 Å². The number of anilines is 7. The van der Waals surface area contributed by atoms with Gasteiger partial charge in [0.1, 0.15) is 28.9 Å². The maximum absolute atomic E-state index is 15.0. The van der Waals surface area contributed by atoms with Gasteiger partial charge in [-0.2, -0.15) is 4.98 Å². The number of piperidine rings is 2. The summed E-state index contributed by atoms with van der Waals surface area (Å²) in [7, 11) is -2.00. The molecule has 3 aliphatic heterocycles. The van der Waals surface area contributed by atoms with Gasteiger partial charge in [-0.1, -0.05) is 13.0 Å². The van der Waals surface area contributed by atoms with Crippen molar-refractivity contribution < 1.29 is 27.1 Å². The number of piperazine rings is 1. The number of ether oxygens (including phenoxy) is 1. The molecule has 3 aliphatic rings. The van der Waals surface area contributed by atoms with E-state index >= 15 is 0 Å². The van der Waals surface area contributed by atoms with E-state index in [4.69, 9.17) is 9.72 Å². The molecule has 0 saturated carbocycles. The Kier molecular flexibility index (Phi) is 13.7. The molecule has 64 heavy (non-hydrogen) atoms. The molecule has 20 heteroatoms. The SMILES string of the molecule is CCc1cc(Nc2ncc(Br)c(Nc3ccc4nccnc4c3NS(C)(=O)=O)n2)c(OC)cc1N1CCC(N2CCN(CCc3ccc(NC4CCC(=O)NC4=O)c(F)c3)CC2)CC1. The quantitative estimate of drug-likeness (QED) is 0.0789. The second-order valence-electron chi connectivity index (χ2n) is 16.3. The van der Waals surface area contributed by atoms with Crippen molar-refractivity contribution in [2.45, 2.75) is 57.5 Å². The summed E-state index contributed by atoms with van der Waals surface area (Å²) in [5.41, 5.74) is 5.81. The minimum absolute atomic E-state index is 0.234. The van der Waals surface area contributed by atoms with Crippen molar-refractivity contribution in [1.29, 1.82) is 0 Å². The molecule has 5 aromatic rings. The molecular formula is C44H52BrFN12O5S. The van der Waals surface area contributed by atoms with Crippen molar-refractivity contribution in [3.05, 3.63) is 82.5 Å². The van der Waals surface area contributed by atoms with Gasteiger partial charge in [-0.25, -0.2) is 17.8 Å². The number of hydrogen-bond donors (Lipinski definition) is 5. The zero-order valence-electron chi connectivity index (χ0n) is 36.0. The third kappa shape index (κ3) is 10.6. The molecule has 3 saturated heterocycles. The average Bonchev–Trinajstić information content (AvgIpc) is 3.29. The normalized spacial score (nSPS) is 17.9. The Bertz CT molecular complexity index is 2640. The van der Waals surface area contributed by atoms with Crippen LogP contribution in [0.25, 0.3) is 11.0 Å². The van der Waals surface area contributed by atoms with Crippen LogP contribution in [-0.4, -0.2) is 121 Å². The molecule has 5 N–H and O–H groups in total. The molecule has 0 radical (unpaired) electrons. The zero-order valence-corrected chi connectivity index (χ0v) is 38.4. The summed E-state index contributed by atoms with van der Waals surface area (Å²) in [6, 6.07) is 12.7. The van der Waals surface area contributed by atoms with Crippen molar-refractivity contribution >= 4 is 89.0 Å². The van der Waals surface area contributed by atoms with E-state index < -0.39 is 27.8 Å². The van der Waals surface area contributed by atoms with E-state index in [2.05, 4.69) is 90.6 Å². The number of benzene rings is 3. The van der Waals surface area contributed by atoms with Gasteiger partial charge in [-0.15, -0.1) is 0 Å². The number of aromatic nitrogens is 4. The summed E-state index contributed by atoms with van der Waals surface area (Å²) < 4.78 is 48.7. The third-order valence-electron chi connectivity index (χ3n) is 12.0. The number of methoxy groups -OCH3 is 1. The summed E-state index contributed by atoms with van der Waals surface area (Å²) in [4.78, 5) is 49.0. The first-order valence-corrected chi connectivity index (χ1v) is 24.1. The highest BCUT2D eigenvalue weighted by Crippen LogP contribution is 2.38. The molecular weight excluding hydrogens is 908 g/mol. The summed E-state index contributed by atoms with van der Waals surface area (Å²) in [5, 5.41) is 11.8. The first-order valence-electron chi connectivity index (χ1n) is 21.4. The second-order valence-corrected chi connectivity index (χ2v) is 18.9. The van der Waals surface area contributed by atoms with Crippen LogP contribution >= 0.6 is 15.9 Å². The number of carbonyl (C=O) groups is 2. The number of nitrogens with zero attached hydrogens (tertiary/aromatic N) is 7. The molecule has 1 unspecified atom stereocenters. The standard InChI is InChI=1S/C44H52BrFN12O5S/c1-4-28-24-36(52-44-49-26-30(45)42(54-44)51-34-8-7-33-40(48-15-14-47-33)41(34)55-64(3,61)62)38(63-2)25-37(28)58-17-12-29(13-18-58)57-21-19-56(20-22-57)16-11-27-5-6-32(31(46)23-27)50-35-9-10-39(59)53-43(35)60/h5-8,14-15,23-26,29,35,50,55H,4,9-13,16-22H2,1-3H3,(H,53,59,60)(H2,49,51,52,54). The van der Waals surface area contributed by atoms with Gasteiger partial charge in [0.15, 0.2) is 0 Å². The maximum Gasteiger partial charge on any atom is 0.249 e. The van der Waals surface area contributed by atoms with Crippen LogP contribution in [0, 0.1) is 5.82 Å². The Hall–Kier alpha value is -5.70. The Labute approximate surface area is 380 Å². The first-order chi connectivity index (χ1) is 30.8. The molecule has 2 aromatic heterocycles. The van der Waals surface area contributed by atoms with Crippen LogP contribution in [0.1, 0.15) is 43.7 Å². The number of aryl methyl sites for hydroxylation is 1. The van der Waals surface area contributed by atoms with E-state index in [0.717, 1.165) is 89.0 Å². The monoisotopic (exact) mass is 958 g/mol. The number of imide groups is 1. The van der Waals surface area contributed by atoms with E-state index in [1.54, 1.807) is 37.7 Å². The molecule has 5 heterocycles. The molecule has 0 aliphatic carbocycles. The highest BCUT2D eigenvalue weighted by atomic mass is 79.9. The highest BCUT2D eigenvalue weighted by molar-refractivity contribution is 9.10. The molecule has 1 atom stereocenters. The second kappa shape index (κ2) is 19.6. The molecule has 338 valence electrons. The van der Waals surface area contributed by atoms with Crippen molar-refractivity contribution in [3.63, 3.8) is 0 Å². The number of fused-ring (bicyclic) bond motifs is 1. The lowest BCUT2D eigenvalue weighted by atomic mass is 9.99. The maximum atomic E-state index is 15.0. The molecule has 0 bridgehead atoms. The van der Waals surface area contributed by atoms with E-state index in [1.165, 1.54) is 17.8 Å². The van der Waals surface area contributed by atoms with Crippen LogP contribution in [0.5, 0.6) is 5.75 Å². The Morgan fingerprint density at radius 1 is 0.922 bits per heavy atom. The zero-order chi connectivity index (χ0) is 45.0. The van der Waals surface area contributed by atoms with Gasteiger partial charge in [-0.05, 0) is 89.5 Å². The van der Waals surface area contributed by atoms with Crippen LogP contribution in [0.4, 0.5) is 44.6 Å². The smallest absolute Gasteiger partial charge is 0.249 e. The van der Waals surface area contributed by atoms with Gasteiger partial charge in [0, 0.05) is 88.6 Å². The fourth-order valence-electron chi connectivity index (χ4n) is 8.61. The number of halogens is 2. The van der Waals surface area contributed by atoms with Gasteiger partial charge >= 0.3 is 0 Å². The van der Waals surface area contributed by atoms with Gasteiger partial charge < -0.3 is 30.5 Å². The lowest BCUT2D eigenvalue weighted by molar-refractivity contribution is -0.133. The third-order valence-corrected chi connectivity index (χ3v) is 13.2. The largest absolute Gasteiger partial charge is 0.494 e. The fraction of sp³-hybridized carbons (Fsp3) is 0.409. The van der Waals surface area contributed by atoms with E-state index in [9.17, 15) is 22.4 Å². The van der Waals surface area contributed by atoms with Gasteiger partial charge in [-0.3, -0.25) is 34.5 Å². The van der Waals surface area contributed by atoms with Gasteiger partial charge in [0.25, 0.3) is 0 Å². The topological polar surface area (TPSA) is 199 Å². The number of nitrogens with one attached hydrogen (secondary N) is 5. The highest BCUT2D eigenvalue weighted by Gasteiger charge is 2.30. The van der Waals surface area contributed by atoms with E-state index in [-0.39, 0.29) is 23.7 Å². The molecule has 3 fully saturated rings. The van der Waals surface area contributed by atoms with Gasteiger partial charge in [0.2, 0.25) is 27.8 Å². The molecule has 8 rings (SSSR count). The minimum Gasteiger partial charge on any atom is -0.494 e. The first kappa shape index (κ1) is 44.9. The van der Waals surface area contributed by atoms with Crippen LogP contribution in [0.2, 0.25) is 0 Å². The van der Waals surface area contributed by atoms with E-state index in [0.29, 0.717) is 56.9 Å². The minimum atomic E-state index is -3.65. The molecule has 3 aromatic carbocycles. The number of hydrogen-bond acceptors (Lipinski definition) is 15. The molecule has 2 amide bonds. The molecule has 17 nitrogen and oxygen atoms in total. The number of sulfonamides is 1. The Morgan fingerprint density at radius 3 is 2.41 bits per heavy atom. The lowest BCUT2D eigenvalue weighted by Gasteiger charge is -2.43. The average molecular weight is 960 g/mol. The lowest BCUT2D eigenvalue weighted by Crippen LogP contribution is -2.53. The summed E-state index contributed by atoms with van der Waals surface area (Å²) in [6.45, 7) is 8.75. The number of rotatable bonds is 15. The van der Waals surface area contributed by atoms with Gasteiger partial charge in [0.05, 0.1) is 46.1 Å². The van der Waals surface area contributed by atoms with Crippen LogP contribution in [-0.2, 0) is 32.5 Å². The fourth-order valence-corrected chi connectivity index (χ4v) is 9.48. The number of carbonyl (C=O) groups excluding carboxylic acids is 2. The summed E-state index contributed by atoms with van der Waals surface area (Å²) in [6.07, 6.45) is 9.97. The predicted octanol–water partition coefficient (Wildman–Crippen LogP) is 5.80. The predicted molar refractivity (Wildman–Crippen MR) is 250 cm³/mol. The summed E-state index contributed by atoms with van der Waals surface area (Å²) in [5.74, 6) is 0.243. The van der Waals surface area contributed by atoms with Crippen molar-refractivity contribution in [2.24, 2.45) is 0 Å². The Balaban J connectivity index is 0.854.